The van der Waals surface area contributed by atoms with Crippen molar-refractivity contribution in [3.05, 3.63) is 47.5 Å². The average molecular weight is 541 g/mol. The first kappa shape index (κ1) is 25.5. The zero-order chi connectivity index (χ0) is 21.0. The number of nitrogens with zero attached hydrogens (tertiary/aromatic N) is 5. The number of halogens is 1. The lowest BCUT2D eigenvalue weighted by Crippen LogP contribution is -2.41. The molecule has 2 heterocycles. The number of morpholine rings is 1. The van der Waals surface area contributed by atoms with Crippen molar-refractivity contribution in [3.8, 4) is 0 Å². The van der Waals surface area contributed by atoms with E-state index in [1.54, 1.807) is 0 Å². The summed E-state index contributed by atoms with van der Waals surface area (Å²) in [6, 6.07) is 10.6. The monoisotopic (exact) mass is 541 g/mol. The summed E-state index contributed by atoms with van der Waals surface area (Å²) in [5, 5.41) is 15.3. The molecule has 2 aromatic rings. The normalized spacial score (nSPS) is 14.8. The van der Waals surface area contributed by atoms with Gasteiger partial charge in [0.25, 0.3) is 0 Å². The van der Waals surface area contributed by atoms with Gasteiger partial charge in [0.05, 0.1) is 13.2 Å². The Bertz CT molecular complexity index is 775. The Morgan fingerprint density at radius 2 is 1.77 bits per heavy atom. The van der Waals surface area contributed by atoms with E-state index in [1.807, 2.05) is 18.5 Å². The van der Waals surface area contributed by atoms with E-state index in [-0.39, 0.29) is 24.0 Å². The fourth-order valence-electron chi connectivity index (χ4n) is 3.39. The molecular formula is C22H36IN7O. The lowest BCUT2D eigenvalue weighted by molar-refractivity contribution is 0.0376. The Hall–Kier alpha value is -1.72. The summed E-state index contributed by atoms with van der Waals surface area (Å²) in [5.41, 5.74) is 1.37. The van der Waals surface area contributed by atoms with E-state index in [0.717, 1.165) is 82.8 Å². The molecule has 3 rings (SSSR count). The standard InChI is InChI=1S/C22H35N7O.HI/c1-19-26-27-21(28(19)2)18-25-22(23-11-6-10-20-8-4-3-5-9-20)24-12-7-13-29-14-16-30-17-15-29;/h3-5,8-9H,6-7,10-18H2,1-2H3,(H2,23,24,25);1H. The van der Waals surface area contributed by atoms with Crippen LogP contribution in [0.25, 0.3) is 0 Å². The zero-order valence-electron chi connectivity index (χ0n) is 18.7. The van der Waals surface area contributed by atoms with E-state index in [2.05, 4.69) is 56.1 Å². The van der Waals surface area contributed by atoms with Gasteiger partial charge in [-0.2, -0.15) is 0 Å². The largest absolute Gasteiger partial charge is 0.379 e. The molecule has 1 aliphatic rings. The number of ether oxygens (including phenoxy) is 1. The Morgan fingerprint density at radius 1 is 1.06 bits per heavy atom. The Balaban J connectivity index is 0.00000341. The minimum absolute atomic E-state index is 0. The maximum Gasteiger partial charge on any atom is 0.191 e. The summed E-state index contributed by atoms with van der Waals surface area (Å²) < 4.78 is 7.40. The van der Waals surface area contributed by atoms with Crippen LogP contribution >= 0.6 is 24.0 Å². The number of hydrogen-bond donors (Lipinski definition) is 2. The van der Waals surface area contributed by atoms with Gasteiger partial charge in [0, 0.05) is 33.2 Å². The number of guanidine groups is 1. The summed E-state index contributed by atoms with van der Waals surface area (Å²) in [7, 11) is 1.98. The second-order valence-corrected chi connectivity index (χ2v) is 7.64. The number of rotatable bonds is 10. The molecule has 1 saturated heterocycles. The highest BCUT2D eigenvalue weighted by Gasteiger charge is 2.10. The number of aromatic nitrogens is 3. The van der Waals surface area contributed by atoms with Gasteiger partial charge in [0.2, 0.25) is 0 Å². The smallest absolute Gasteiger partial charge is 0.191 e. The molecule has 31 heavy (non-hydrogen) atoms. The van der Waals surface area contributed by atoms with Crippen molar-refractivity contribution in [1.82, 2.24) is 30.3 Å². The molecule has 172 valence electrons. The summed E-state index contributed by atoms with van der Waals surface area (Å²) in [5.74, 6) is 2.60. The maximum atomic E-state index is 5.42. The molecule has 1 aromatic carbocycles. The number of hydrogen-bond acceptors (Lipinski definition) is 5. The molecule has 1 aliphatic heterocycles. The van der Waals surface area contributed by atoms with E-state index in [9.17, 15) is 0 Å². The lowest BCUT2D eigenvalue weighted by atomic mass is 10.1. The molecule has 2 N–H and O–H groups in total. The van der Waals surface area contributed by atoms with Crippen molar-refractivity contribution in [3.63, 3.8) is 0 Å². The van der Waals surface area contributed by atoms with E-state index >= 15 is 0 Å². The molecule has 8 nitrogen and oxygen atoms in total. The van der Waals surface area contributed by atoms with E-state index < -0.39 is 0 Å². The summed E-state index contributed by atoms with van der Waals surface area (Å²) in [4.78, 5) is 7.19. The van der Waals surface area contributed by atoms with Gasteiger partial charge in [-0.1, -0.05) is 30.3 Å². The first-order valence-electron chi connectivity index (χ1n) is 10.9. The first-order valence-corrected chi connectivity index (χ1v) is 10.9. The van der Waals surface area contributed by atoms with Crippen molar-refractivity contribution < 1.29 is 4.74 Å². The van der Waals surface area contributed by atoms with Crippen molar-refractivity contribution in [2.45, 2.75) is 32.7 Å². The topological polar surface area (TPSA) is 79.6 Å². The van der Waals surface area contributed by atoms with Crippen LogP contribution in [0.15, 0.2) is 35.3 Å². The minimum Gasteiger partial charge on any atom is -0.379 e. The molecule has 1 fully saturated rings. The number of benzene rings is 1. The van der Waals surface area contributed by atoms with Crippen molar-refractivity contribution in [2.75, 3.05) is 45.9 Å². The summed E-state index contributed by atoms with van der Waals surface area (Å²) in [6.45, 7) is 9.07. The molecule has 0 bridgehead atoms. The van der Waals surface area contributed by atoms with E-state index in [1.165, 1.54) is 5.56 Å². The van der Waals surface area contributed by atoms with Crippen molar-refractivity contribution in [2.24, 2.45) is 12.0 Å². The molecule has 0 aliphatic carbocycles. The molecule has 9 heteroatoms. The van der Waals surface area contributed by atoms with Crippen molar-refractivity contribution >= 4 is 29.9 Å². The van der Waals surface area contributed by atoms with Gasteiger partial charge in [-0.05, 0) is 38.3 Å². The predicted octanol–water partition coefficient (Wildman–Crippen LogP) is 2.13. The highest BCUT2D eigenvalue weighted by Crippen LogP contribution is 2.02. The van der Waals surface area contributed by atoms with Crippen LogP contribution in [-0.2, 0) is 24.8 Å². The zero-order valence-corrected chi connectivity index (χ0v) is 21.0. The van der Waals surface area contributed by atoms with Gasteiger partial charge in [-0.3, -0.25) is 4.90 Å². The van der Waals surface area contributed by atoms with Gasteiger partial charge < -0.3 is 19.9 Å². The van der Waals surface area contributed by atoms with Gasteiger partial charge in [-0.15, -0.1) is 34.2 Å². The third-order valence-electron chi connectivity index (χ3n) is 5.39. The number of aliphatic imine (C=N–C) groups is 1. The van der Waals surface area contributed by atoms with Gasteiger partial charge in [0.1, 0.15) is 12.4 Å². The second-order valence-electron chi connectivity index (χ2n) is 7.64. The fourth-order valence-corrected chi connectivity index (χ4v) is 3.39. The molecule has 0 amide bonds. The molecule has 0 radical (unpaired) electrons. The van der Waals surface area contributed by atoms with Gasteiger partial charge >= 0.3 is 0 Å². The molecule has 1 aromatic heterocycles. The summed E-state index contributed by atoms with van der Waals surface area (Å²) in [6.07, 6.45) is 3.19. The van der Waals surface area contributed by atoms with E-state index in [4.69, 9.17) is 9.73 Å². The number of aryl methyl sites for hydroxylation is 2. The quantitative estimate of drug-likeness (QED) is 0.208. The van der Waals surface area contributed by atoms with Crippen molar-refractivity contribution in [1.29, 1.82) is 0 Å². The van der Waals surface area contributed by atoms with E-state index in [0.29, 0.717) is 6.54 Å². The predicted molar refractivity (Wildman–Crippen MR) is 135 cm³/mol. The lowest BCUT2D eigenvalue weighted by Gasteiger charge is -2.26. The van der Waals surface area contributed by atoms with Crippen LogP contribution < -0.4 is 10.6 Å². The van der Waals surface area contributed by atoms with Crippen LogP contribution in [0.3, 0.4) is 0 Å². The average Bonchev–Trinajstić information content (AvgIpc) is 3.11. The van der Waals surface area contributed by atoms with Crippen LogP contribution in [0.4, 0.5) is 0 Å². The molecular weight excluding hydrogens is 505 g/mol. The van der Waals surface area contributed by atoms with Crippen LogP contribution in [0.5, 0.6) is 0 Å². The Labute approximate surface area is 202 Å². The second kappa shape index (κ2) is 14.4. The molecule has 0 unspecified atom stereocenters. The van der Waals surface area contributed by atoms with Crippen LogP contribution in [0.1, 0.15) is 30.1 Å². The van der Waals surface area contributed by atoms with Gasteiger partial charge in [0.15, 0.2) is 11.8 Å². The Kier molecular flexibility index (Phi) is 11.8. The fraction of sp³-hybridized carbons (Fsp3) is 0.591. The van der Waals surface area contributed by atoms with Crippen LogP contribution in [-0.4, -0.2) is 71.6 Å². The maximum absolute atomic E-state index is 5.42. The number of nitrogens with one attached hydrogen (secondary N) is 2. The van der Waals surface area contributed by atoms with Gasteiger partial charge in [-0.25, -0.2) is 4.99 Å². The molecule has 0 spiro atoms. The third-order valence-corrected chi connectivity index (χ3v) is 5.39. The van der Waals surface area contributed by atoms with Crippen LogP contribution in [0.2, 0.25) is 0 Å². The molecule has 0 atom stereocenters. The highest BCUT2D eigenvalue weighted by molar-refractivity contribution is 14.0. The third kappa shape index (κ3) is 9.12. The minimum atomic E-state index is 0. The highest BCUT2D eigenvalue weighted by atomic mass is 127. The molecule has 0 saturated carbocycles. The first-order chi connectivity index (χ1) is 14.7. The van der Waals surface area contributed by atoms with Crippen LogP contribution in [0, 0.1) is 6.92 Å². The Morgan fingerprint density at radius 3 is 2.45 bits per heavy atom. The SMILES string of the molecule is Cc1nnc(CN=C(NCCCc2ccccc2)NCCCN2CCOCC2)n1C.I. The summed E-state index contributed by atoms with van der Waals surface area (Å²) >= 11 is 0.